The second-order valence-electron chi connectivity index (χ2n) is 6.15. The van der Waals surface area contributed by atoms with Crippen molar-refractivity contribution in [2.24, 2.45) is 0 Å². The van der Waals surface area contributed by atoms with E-state index < -0.39 is 38.4 Å². The molecule has 2 aromatic carbocycles. The summed E-state index contributed by atoms with van der Waals surface area (Å²) in [5.74, 6) is 0. The first kappa shape index (κ1) is 23.5. The molecule has 0 radical (unpaired) electrons. The van der Waals surface area contributed by atoms with Crippen molar-refractivity contribution >= 4 is 31.6 Å². The lowest BCUT2D eigenvalue weighted by Gasteiger charge is -2.18. The Hall–Kier alpha value is -1.75. The number of halogens is 7. The molecule has 2 aromatic rings. The molecule has 0 fully saturated rings. The minimum atomic E-state index is -5.15. The third kappa shape index (κ3) is 5.44. The first-order valence-corrected chi connectivity index (χ1v) is 10.6. The zero-order valence-corrected chi connectivity index (χ0v) is 17.6. The van der Waals surface area contributed by atoms with Crippen LogP contribution in [0.15, 0.2) is 39.7 Å². The van der Waals surface area contributed by atoms with Crippen LogP contribution in [-0.2, 0) is 35.2 Å². The number of aryl methyl sites for hydroxylation is 2. The van der Waals surface area contributed by atoms with Gasteiger partial charge < -0.3 is 0 Å². The molecule has 160 valence electrons. The molecular formula is C18H16BrF6NO2S. The van der Waals surface area contributed by atoms with Gasteiger partial charge in [0.05, 0.1) is 21.7 Å². The molecule has 3 nitrogen and oxygen atoms in total. The Morgan fingerprint density at radius 2 is 1.24 bits per heavy atom. The van der Waals surface area contributed by atoms with Crippen molar-refractivity contribution < 1.29 is 34.8 Å². The zero-order chi connectivity index (χ0) is 22.2. The highest BCUT2D eigenvalue weighted by molar-refractivity contribution is 9.10. The van der Waals surface area contributed by atoms with E-state index in [1.165, 1.54) is 0 Å². The zero-order valence-electron chi connectivity index (χ0n) is 15.2. The molecule has 0 saturated carbocycles. The molecule has 0 saturated heterocycles. The third-order valence-corrected chi connectivity index (χ3v) is 5.92. The van der Waals surface area contributed by atoms with E-state index in [1.807, 2.05) is 0 Å². The molecule has 2 rings (SSSR count). The van der Waals surface area contributed by atoms with Crippen molar-refractivity contribution in [3.8, 4) is 0 Å². The average Bonchev–Trinajstić information content (AvgIpc) is 2.60. The smallest absolute Gasteiger partial charge is 0.279 e. The van der Waals surface area contributed by atoms with Crippen molar-refractivity contribution in [2.45, 2.75) is 43.9 Å². The lowest BCUT2D eigenvalue weighted by Crippen LogP contribution is -2.19. The number of alkyl halides is 6. The summed E-state index contributed by atoms with van der Waals surface area (Å²) in [5.41, 5.74) is -2.17. The number of benzene rings is 2. The number of hydrogen-bond donors (Lipinski definition) is 1. The van der Waals surface area contributed by atoms with Gasteiger partial charge in [0.1, 0.15) is 0 Å². The lowest BCUT2D eigenvalue weighted by molar-refractivity contribution is -0.143. The fourth-order valence-corrected chi connectivity index (χ4v) is 4.45. The Morgan fingerprint density at radius 1 is 0.828 bits per heavy atom. The van der Waals surface area contributed by atoms with Crippen LogP contribution in [0.4, 0.5) is 32.0 Å². The van der Waals surface area contributed by atoms with Gasteiger partial charge >= 0.3 is 12.4 Å². The molecule has 0 aliphatic rings. The highest BCUT2D eigenvalue weighted by Crippen LogP contribution is 2.38. The van der Waals surface area contributed by atoms with E-state index >= 15 is 0 Å². The molecule has 0 bridgehead atoms. The molecule has 0 unspecified atom stereocenters. The summed E-state index contributed by atoms with van der Waals surface area (Å²) >= 11 is 3.29. The number of hydrogen-bond acceptors (Lipinski definition) is 2. The van der Waals surface area contributed by atoms with Gasteiger partial charge in [-0.3, -0.25) is 4.72 Å². The summed E-state index contributed by atoms with van der Waals surface area (Å²) in [7, 11) is -4.72. The molecule has 11 heteroatoms. The van der Waals surface area contributed by atoms with Crippen LogP contribution in [0.3, 0.4) is 0 Å². The van der Waals surface area contributed by atoms with Crippen LogP contribution in [0.1, 0.15) is 36.1 Å². The van der Waals surface area contributed by atoms with Gasteiger partial charge in [0, 0.05) is 4.47 Å². The van der Waals surface area contributed by atoms with Crippen LogP contribution in [0.25, 0.3) is 0 Å². The van der Waals surface area contributed by atoms with Gasteiger partial charge in [-0.25, -0.2) is 8.42 Å². The van der Waals surface area contributed by atoms with Crippen LogP contribution in [-0.4, -0.2) is 8.42 Å². The first-order valence-electron chi connectivity index (χ1n) is 8.32. The fourth-order valence-electron chi connectivity index (χ4n) is 2.69. The van der Waals surface area contributed by atoms with E-state index in [-0.39, 0.29) is 23.9 Å². The largest absolute Gasteiger partial charge is 0.416 e. The van der Waals surface area contributed by atoms with Crippen molar-refractivity contribution in [3.05, 3.63) is 57.1 Å². The van der Waals surface area contributed by atoms with Crippen molar-refractivity contribution in [2.75, 3.05) is 4.72 Å². The van der Waals surface area contributed by atoms with Crippen LogP contribution in [0.5, 0.6) is 0 Å². The molecule has 0 spiro atoms. The number of rotatable bonds is 5. The molecular weight excluding hydrogens is 488 g/mol. The van der Waals surface area contributed by atoms with Gasteiger partial charge in [-0.15, -0.1) is 0 Å². The quantitative estimate of drug-likeness (QED) is 0.479. The molecule has 0 aliphatic carbocycles. The number of sulfonamides is 1. The summed E-state index contributed by atoms with van der Waals surface area (Å²) in [4.78, 5) is -1.12. The van der Waals surface area contributed by atoms with Crippen molar-refractivity contribution in [3.63, 3.8) is 0 Å². The Morgan fingerprint density at radius 3 is 1.59 bits per heavy atom. The summed E-state index contributed by atoms with van der Waals surface area (Å²) in [6.45, 7) is 3.48. The normalized spacial score (nSPS) is 12.9. The molecule has 0 heterocycles. The van der Waals surface area contributed by atoms with Gasteiger partial charge in [0.25, 0.3) is 10.0 Å². The maximum atomic E-state index is 13.0. The summed E-state index contributed by atoms with van der Waals surface area (Å²) in [6.07, 6.45) is -9.51. The molecule has 0 aliphatic heterocycles. The maximum Gasteiger partial charge on any atom is 0.416 e. The van der Waals surface area contributed by atoms with Gasteiger partial charge in [-0.05, 0) is 54.3 Å². The van der Waals surface area contributed by atoms with Gasteiger partial charge in [-0.1, -0.05) is 29.8 Å². The second-order valence-corrected chi connectivity index (χ2v) is 8.75. The average molecular weight is 504 g/mol. The van der Waals surface area contributed by atoms with Gasteiger partial charge in [0.15, 0.2) is 0 Å². The standard InChI is InChI=1S/C18H16BrF6NO2S/c1-3-10-5-14(19)6-11(4-2)16(10)26-29(27,28)15-8-12(17(20,21)22)7-13(9-15)18(23,24)25/h5-9,26H,3-4H2,1-2H3. The minimum Gasteiger partial charge on any atom is -0.279 e. The number of anilines is 1. The molecule has 29 heavy (non-hydrogen) atoms. The summed E-state index contributed by atoms with van der Waals surface area (Å²) in [6, 6.07) is 3.52. The Kier molecular flexibility index (Phi) is 6.63. The van der Waals surface area contributed by atoms with Gasteiger partial charge in [0.2, 0.25) is 0 Å². The van der Waals surface area contributed by atoms with Crippen molar-refractivity contribution in [1.82, 2.24) is 0 Å². The summed E-state index contributed by atoms with van der Waals surface area (Å²) < 4.78 is 107. The molecule has 0 amide bonds. The minimum absolute atomic E-state index is 0.117. The Bertz CT molecular complexity index is 959. The Labute approximate surface area is 172 Å². The highest BCUT2D eigenvalue weighted by Gasteiger charge is 2.38. The summed E-state index contributed by atoms with van der Waals surface area (Å²) in [5, 5.41) is 0. The van der Waals surface area contributed by atoms with E-state index in [1.54, 1.807) is 26.0 Å². The van der Waals surface area contributed by atoms with Crippen LogP contribution in [0.2, 0.25) is 0 Å². The van der Waals surface area contributed by atoms with E-state index in [0.717, 1.165) is 0 Å². The molecule has 0 aromatic heterocycles. The fraction of sp³-hybridized carbons (Fsp3) is 0.333. The molecule has 1 N–H and O–H groups in total. The number of nitrogens with one attached hydrogen (secondary N) is 1. The van der Waals surface area contributed by atoms with Gasteiger partial charge in [-0.2, -0.15) is 26.3 Å². The third-order valence-electron chi connectivity index (χ3n) is 4.14. The van der Waals surface area contributed by atoms with E-state index in [2.05, 4.69) is 20.7 Å². The monoisotopic (exact) mass is 503 g/mol. The maximum absolute atomic E-state index is 13.0. The SMILES string of the molecule is CCc1cc(Br)cc(CC)c1NS(=O)(=O)c1cc(C(F)(F)F)cc(C(F)(F)F)c1. The van der Waals surface area contributed by atoms with Crippen molar-refractivity contribution in [1.29, 1.82) is 0 Å². The Balaban J connectivity index is 2.66. The second kappa shape index (κ2) is 8.17. The van der Waals surface area contributed by atoms with E-state index in [0.29, 0.717) is 28.4 Å². The topological polar surface area (TPSA) is 46.2 Å². The predicted octanol–water partition coefficient (Wildman–Crippen LogP) is 6.41. The van der Waals surface area contributed by atoms with Crippen LogP contribution in [0, 0.1) is 0 Å². The predicted molar refractivity (Wildman–Crippen MR) is 100 cm³/mol. The van der Waals surface area contributed by atoms with Crippen LogP contribution >= 0.6 is 15.9 Å². The van der Waals surface area contributed by atoms with Crippen LogP contribution < -0.4 is 4.72 Å². The lowest BCUT2D eigenvalue weighted by atomic mass is 10.0. The first-order chi connectivity index (χ1) is 13.2. The molecule has 0 atom stereocenters. The van der Waals surface area contributed by atoms with E-state index in [9.17, 15) is 34.8 Å². The van der Waals surface area contributed by atoms with E-state index in [4.69, 9.17) is 0 Å². The highest BCUT2D eigenvalue weighted by atomic mass is 79.9.